The van der Waals surface area contributed by atoms with Gasteiger partial charge in [-0.05, 0) is 30.2 Å². The fourth-order valence-corrected chi connectivity index (χ4v) is 4.26. The number of carbonyl (C=O) groups is 1. The molecular formula is C18H25NO3. The molecule has 1 atom stereocenters. The summed E-state index contributed by atoms with van der Waals surface area (Å²) in [6.07, 6.45) is 5.78. The van der Waals surface area contributed by atoms with E-state index in [4.69, 9.17) is 9.84 Å². The van der Waals surface area contributed by atoms with Gasteiger partial charge in [0.25, 0.3) is 0 Å². The highest BCUT2D eigenvalue weighted by atomic mass is 16.5. The summed E-state index contributed by atoms with van der Waals surface area (Å²) in [5.74, 6) is 0.146. The van der Waals surface area contributed by atoms with Crippen LogP contribution in [0.1, 0.15) is 37.7 Å². The Morgan fingerprint density at radius 2 is 1.91 bits per heavy atom. The van der Waals surface area contributed by atoms with Crippen LogP contribution in [0.3, 0.4) is 0 Å². The average molecular weight is 303 g/mol. The molecule has 1 spiro atoms. The Kier molecular flexibility index (Phi) is 4.50. The third kappa shape index (κ3) is 2.55. The monoisotopic (exact) mass is 303 g/mol. The number of hydrogen-bond acceptors (Lipinski definition) is 3. The first-order valence-electron chi connectivity index (χ1n) is 8.28. The van der Waals surface area contributed by atoms with Gasteiger partial charge in [0.15, 0.2) is 0 Å². The van der Waals surface area contributed by atoms with Crippen LogP contribution < -0.4 is 5.32 Å². The first-order chi connectivity index (χ1) is 10.8. The molecule has 0 bridgehead atoms. The summed E-state index contributed by atoms with van der Waals surface area (Å²) in [5.41, 5.74) is 1.01. The Morgan fingerprint density at radius 1 is 1.18 bits per heavy atom. The van der Waals surface area contributed by atoms with Gasteiger partial charge in [0.1, 0.15) is 0 Å². The summed E-state index contributed by atoms with van der Waals surface area (Å²) >= 11 is 0. The molecule has 2 saturated carbocycles. The van der Waals surface area contributed by atoms with E-state index in [-0.39, 0.29) is 23.3 Å². The number of benzene rings is 1. The highest BCUT2D eigenvalue weighted by molar-refractivity contribution is 5.93. The minimum absolute atomic E-state index is 0.0189. The van der Waals surface area contributed by atoms with E-state index in [1.165, 1.54) is 12.8 Å². The summed E-state index contributed by atoms with van der Waals surface area (Å²) in [5, 5.41) is 11.7. The minimum Gasteiger partial charge on any atom is -0.394 e. The fraction of sp³-hybridized carbons (Fsp3) is 0.611. The Labute approximate surface area is 131 Å². The molecule has 120 valence electrons. The third-order valence-corrected chi connectivity index (χ3v) is 5.37. The lowest BCUT2D eigenvalue weighted by molar-refractivity contribution is -0.124. The molecule has 0 heterocycles. The summed E-state index contributed by atoms with van der Waals surface area (Å²) in [7, 11) is 0. The predicted molar refractivity (Wildman–Crippen MR) is 84.6 cm³/mol. The Balaban J connectivity index is 1.70. The Hall–Kier alpha value is -1.39. The molecule has 2 aliphatic carbocycles. The smallest absolute Gasteiger partial charge is 0.231 e. The molecule has 1 aromatic rings. The van der Waals surface area contributed by atoms with Crippen molar-refractivity contribution < 1.29 is 14.6 Å². The van der Waals surface area contributed by atoms with Gasteiger partial charge in [-0.1, -0.05) is 43.2 Å². The van der Waals surface area contributed by atoms with Crippen molar-refractivity contribution in [2.75, 3.05) is 26.4 Å². The van der Waals surface area contributed by atoms with Crippen LogP contribution in [0.2, 0.25) is 0 Å². The Bertz CT molecular complexity index is 510. The average Bonchev–Trinajstić information content (AvgIpc) is 2.96. The van der Waals surface area contributed by atoms with Crippen LogP contribution in [0.15, 0.2) is 30.3 Å². The van der Waals surface area contributed by atoms with Gasteiger partial charge in [-0.3, -0.25) is 4.79 Å². The fourth-order valence-electron chi connectivity index (χ4n) is 4.26. The molecule has 0 aliphatic heterocycles. The van der Waals surface area contributed by atoms with E-state index in [1.807, 2.05) is 18.2 Å². The molecule has 1 amide bonds. The highest BCUT2D eigenvalue weighted by Gasteiger charge is 2.72. The van der Waals surface area contributed by atoms with E-state index < -0.39 is 0 Å². The SMILES string of the molecule is O=C(NCCOCCO)[C@]1(c2ccccc2)CC12CCCC2. The molecular weight excluding hydrogens is 278 g/mol. The quantitative estimate of drug-likeness (QED) is 0.758. The molecule has 2 fully saturated rings. The summed E-state index contributed by atoms with van der Waals surface area (Å²) in [6, 6.07) is 10.2. The van der Waals surface area contributed by atoms with Crippen molar-refractivity contribution in [3.05, 3.63) is 35.9 Å². The van der Waals surface area contributed by atoms with Gasteiger partial charge in [0.2, 0.25) is 5.91 Å². The minimum atomic E-state index is -0.332. The molecule has 0 unspecified atom stereocenters. The number of amides is 1. The van der Waals surface area contributed by atoms with Crippen LogP contribution >= 0.6 is 0 Å². The highest BCUT2D eigenvalue weighted by Crippen LogP contribution is 2.72. The Morgan fingerprint density at radius 3 is 2.59 bits per heavy atom. The number of hydrogen-bond donors (Lipinski definition) is 2. The molecule has 4 heteroatoms. The first-order valence-corrected chi connectivity index (χ1v) is 8.28. The molecule has 22 heavy (non-hydrogen) atoms. The standard InChI is InChI=1S/C18H25NO3/c20-11-13-22-12-10-19-16(21)18(15-6-2-1-3-7-15)14-17(18)8-4-5-9-17/h1-3,6-7,20H,4-5,8-14H2,(H,19,21)/t18-/m1/s1. The van der Waals surface area contributed by atoms with E-state index in [2.05, 4.69) is 17.4 Å². The van der Waals surface area contributed by atoms with Crippen LogP contribution in [0.5, 0.6) is 0 Å². The lowest BCUT2D eigenvalue weighted by Gasteiger charge is -2.22. The van der Waals surface area contributed by atoms with Crippen molar-refractivity contribution in [3.8, 4) is 0 Å². The van der Waals surface area contributed by atoms with Crippen LogP contribution in [-0.4, -0.2) is 37.4 Å². The lowest BCUT2D eigenvalue weighted by Crippen LogP contribution is -2.40. The molecule has 2 aliphatic rings. The van der Waals surface area contributed by atoms with E-state index >= 15 is 0 Å². The number of ether oxygens (including phenoxy) is 1. The van der Waals surface area contributed by atoms with Gasteiger partial charge in [-0.15, -0.1) is 0 Å². The van der Waals surface area contributed by atoms with Gasteiger partial charge < -0.3 is 15.2 Å². The maximum Gasteiger partial charge on any atom is 0.231 e. The number of rotatable bonds is 7. The number of aliphatic hydroxyl groups is 1. The van der Waals surface area contributed by atoms with Crippen molar-refractivity contribution in [2.24, 2.45) is 5.41 Å². The van der Waals surface area contributed by atoms with Crippen molar-refractivity contribution in [3.63, 3.8) is 0 Å². The van der Waals surface area contributed by atoms with Gasteiger partial charge in [0.05, 0.1) is 25.2 Å². The zero-order valence-electron chi connectivity index (χ0n) is 13.0. The van der Waals surface area contributed by atoms with Crippen molar-refractivity contribution in [1.82, 2.24) is 5.32 Å². The molecule has 0 saturated heterocycles. The van der Waals surface area contributed by atoms with E-state index in [0.29, 0.717) is 19.8 Å². The third-order valence-electron chi connectivity index (χ3n) is 5.37. The second-order valence-electron chi connectivity index (χ2n) is 6.53. The topological polar surface area (TPSA) is 58.6 Å². The molecule has 0 aromatic heterocycles. The van der Waals surface area contributed by atoms with Crippen LogP contribution in [0.25, 0.3) is 0 Å². The van der Waals surface area contributed by atoms with Gasteiger partial charge in [-0.2, -0.15) is 0 Å². The zero-order chi connectivity index (χ0) is 15.5. The summed E-state index contributed by atoms with van der Waals surface area (Å²) < 4.78 is 5.22. The largest absolute Gasteiger partial charge is 0.394 e. The van der Waals surface area contributed by atoms with Gasteiger partial charge >= 0.3 is 0 Å². The number of carbonyl (C=O) groups excluding carboxylic acids is 1. The first kappa shape index (κ1) is 15.5. The van der Waals surface area contributed by atoms with Gasteiger partial charge in [-0.25, -0.2) is 0 Å². The molecule has 1 aromatic carbocycles. The van der Waals surface area contributed by atoms with Crippen molar-refractivity contribution in [1.29, 1.82) is 0 Å². The van der Waals surface area contributed by atoms with E-state index in [9.17, 15) is 4.79 Å². The van der Waals surface area contributed by atoms with E-state index in [0.717, 1.165) is 24.8 Å². The van der Waals surface area contributed by atoms with Crippen molar-refractivity contribution >= 4 is 5.91 Å². The normalized spacial score (nSPS) is 25.3. The second kappa shape index (κ2) is 6.39. The molecule has 3 rings (SSSR count). The van der Waals surface area contributed by atoms with E-state index in [1.54, 1.807) is 0 Å². The maximum atomic E-state index is 12.9. The summed E-state index contributed by atoms with van der Waals surface area (Å²) in [6.45, 7) is 1.29. The molecule has 2 N–H and O–H groups in total. The van der Waals surface area contributed by atoms with Crippen LogP contribution in [0, 0.1) is 5.41 Å². The van der Waals surface area contributed by atoms with Crippen LogP contribution in [-0.2, 0) is 14.9 Å². The molecule has 4 nitrogen and oxygen atoms in total. The lowest BCUT2D eigenvalue weighted by atomic mass is 9.84. The van der Waals surface area contributed by atoms with Gasteiger partial charge in [0, 0.05) is 6.54 Å². The number of nitrogens with one attached hydrogen (secondary N) is 1. The predicted octanol–water partition coefficient (Wildman–Crippen LogP) is 2.01. The zero-order valence-corrected chi connectivity index (χ0v) is 13.0. The number of aliphatic hydroxyl groups excluding tert-OH is 1. The second-order valence-corrected chi connectivity index (χ2v) is 6.53. The molecule has 0 radical (unpaired) electrons. The summed E-state index contributed by atoms with van der Waals surface area (Å²) in [4.78, 5) is 12.9. The maximum absolute atomic E-state index is 12.9. The van der Waals surface area contributed by atoms with Crippen LogP contribution in [0.4, 0.5) is 0 Å². The van der Waals surface area contributed by atoms with Crippen molar-refractivity contribution in [2.45, 2.75) is 37.5 Å².